The average Bonchev–Trinajstić information content (AvgIpc) is 2.30. The summed E-state index contributed by atoms with van der Waals surface area (Å²) in [6.07, 6.45) is 2.63. The van der Waals surface area contributed by atoms with Crippen molar-refractivity contribution >= 4 is 12.6 Å². The minimum Gasteiger partial charge on any atom is -0.316 e. The van der Waals surface area contributed by atoms with Gasteiger partial charge in [0.2, 0.25) is 0 Å². The van der Waals surface area contributed by atoms with E-state index in [1.165, 1.54) is 30.5 Å². The molecule has 1 aliphatic rings. The van der Waals surface area contributed by atoms with Crippen LogP contribution in [0.1, 0.15) is 29.9 Å². The molecule has 2 rings (SSSR count). The van der Waals surface area contributed by atoms with Gasteiger partial charge in [-0.05, 0) is 36.4 Å². The molecule has 1 aromatic rings. The fourth-order valence-electron chi connectivity index (χ4n) is 2.03. The Morgan fingerprint density at radius 3 is 2.64 bits per heavy atom. The Bertz CT molecular complexity index is 275. The van der Waals surface area contributed by atoms with Gasteiger partial charge in [0, 0.05) is 12.3 Å². The van der Waals surface area contributed by atoms with Gasteiger partial charge in [-0.3, -0.25) is 0 Å². The van der Waals surface area contributed by atoms with Gasteiger partial charge < -0.3 is 5.32 Å². The minimum absolute atomic E-state index is 0.720. The van der Waals surface area contributed by atoms with Gasteiger partial charge in [0.15, 0.2) is 0 Å². The molecular weight excluding hydrogens is 190 g/mol. The van der Waals surface area contributed by atoms with Gasteiger partial charge >= 0.3 is 0 Å². The number of nitrogens with one attached hydrogen (secondary N) is 1. The lowest BCUT2D eigenvalue weighted by atomic mass is 9.91. The molecule has 0 saturated carbocycles. The van der Waals surface area contributed by atoms with Crippen molar-refractivity contribution in [3.8, 4) is 0 Å². The lowest BCUT2D eigenvalue weighted by Gasteiger charge is -2.23. The quantitative estimate of drug-likeness (QED) is 0.710. The molecule has 0 radical (unpaired) electrons. The van der Waals surface area contributed by atoms with Gasteiger partial charge in [0.1, 0.15) is 0 Å². The summed E-state index contributed by atoms with van der Waals surface area (Å²) >= 11 is 4.26. The topological polar surface area (TPSA) is 12.0 Å². The normalized spacial score (nSPS) is 22.2. The second-order valence-electron chi connectivity index (χ2n) is 3.94. The Morgan fingerprint density at radius 2 is 2.07 bits per heavy atom. The van der Waals surface area contributed by atoms with Crippen molar-refractivity contribution in [1.29, 1.82) is 0 Å². The predicted octanol–water partition coefficient (Wildman–Crippen LogP) is 2.58. The van der Waals surface area contributed by atoms with E-state index in [9.17, 15) is 0 Å². The first-order valence-corrected chi connectivity index (χ1v) is 5.94. The molecule has 0 spiro atoms. The molecule has 2 heteroatoms. The van der Waals surface area contributed by atoms with Crippen LogP contribution in [0.25, 0.3) is 0 Å². The van der Waals surface area contributed by atoms with Crippen LogP contribution in [0.15, 0.2) is 24.3 Å². The number of rotatable bonds is 2. The van der Waals surface area contributed by atoms with E-state index in [0.29, 0.717) is 0 Å². The number of benzene rings is 1. The molecule has 1 fully saturated rings. The highest BCUT2D eigenvalue weighted by Crippen LogP contribution is 2.23. The molecule has 0 aliphatic carbocycles. The SMILES string of the molecule is SCc1ccc(C2CCCNC2)cc1. The molecule has 1 saturated heterocycles. The van der Waals surface area contributed by atoms with Gasteiger partial charge in [-0.1, -0.05) is 24.3 Å². The van der Waals surface area contributed by atoms with Crippen LogP contribution in [0.3, 0.4) is 0 Å². The first-order chi connectivity index (χ1) is 6.90. The molecule has 1 nitrogen and oxygen atoms in total. The third-order valence-corrected chi connectivity index (χ3v) is 3.30. The summed E-state index contributed by atoms with van der Waals surface area (Å²) in [4.78, 5) is 0. The highest BCUT2D eigenvalue weighted by molar-refractivity contribution is 7.79. The van der Waals surface area contributed by atoms with E-state index >= 15 is 0 Å². The molecule has 0 amide bonds. The zero-order chi connectivity index (χ0) is 9.80. The number of piperidine rings is 1. The first-order valence-electron chi connectivity index (χ1n) is 5.30. The largest absolute Gasteiger partial charge is 0.316 e. The number of hydrogen-bond donors (Lipinski definition) is 2. The van der Waals surface area contributed by atoms with Crippen molar-refractivity contribution in [3.63, 3.8) is 0 Å². The van der Waals surface area contributed by atoms with Crippen LogP contribution < -0.4 is 5.32 Å². The van der Waals surface area contributed by atoms with Crippen molar-refractivity contribution in [2.24, 2.45) is 0 Å². The van der Waals surface area contributed by atoms with Crippen LogP contribution in [0.5, 0.6) is 0 Å². The van der Waals surface area contributed by atoms with Crippen LogP contribution in [0, 0.1) is 0 Å². The lowest BCUT2D eigenvalue weighted by molar-refractivity contribution is 0.461. The minimum atomic E-state index is 0.720. The maximum absolute atomic E-state index is 4.26. The van der Waals surface area contributed by atoms with Crippen LogP contribution >= 0.6 is 12.6 Å². The summed E-state index contributed by atoms with van der Waals surface area (Å²) in [5, 5.41) is 3.45. The molecule has 0 aromatic heterocycles. The third kappa shape index (κ3) is 2.31. The molecule has 76 valence electrons. The Labute approximate surface area is 91.3 Å². The fourth-order valence-corrected chi connectivity index (χ4v) is 2.24. The lowest BCUT2D eigenvalue weighted by Crippen LogP contribution is -2.28. The van der Waals surface area contributed by atoms with E-state index < -0.39 is 0 Å². The Morgan fingerprint density at radius 1 is 1.29 bits per heavy atom. The number of hydrogen-bond acceptors (Lipinski definition) is 2. The Kier molecular flexibility index (Phi) is 3.49. The zero-order valence-electron chi connectivity index (χ0n) is 8.37. The van der Waals surface area contributed by atoms with Crippen LogP contribution in [0.2, 0.25) is 0 Å². The number of thiol groups is 1. The van der Waals surface area contributed by atoms with Crippen LogP contribution in [-0.4, -0.2) is 13.1 Å². The molecule has 1 aromatic carbocycles. The van der Waals surface area contributed by atoms with Crippen molar-refractivity contribution in [2.75, 3.05) is 13.1 Å². The summed E-state index contributed by atoms with van der Waals surface area (Å²) in [6, 6.07) is 8.89. The maximum Gasteiger partial charge on any atom is 0.0154 e. The van der Waals surface area contributed by atoms with E-state index in [1.54, 1.807) is 0 Å². The maximum atomic E-state index is 4.26. The average molecular weight is 207 g/mol. The second-order valence-corrected chi connectivity index (χ2v) is 4.26. The smallest absolute Gasteiger partial charge is 0.0154 e. The van der Waals surface area contributed by atoms with Crippen LogP contribution in [-0.2, 0) is 5.75 Å². The highest BCUT2D eigenvalue weighted by atomic mass is 32.1. The van der Waals surface area contributed by atoms with Gasteiger partial charge in [0.25, 0.3) is 0 Å². The van der Waals surface area contributed by atoms with Gasteiger partial charge in [-0.25, -0.2) is 0 Å². The molecule has 1 N–H and O–H groups in total. The van der Waals surface area contributed by atoms with E-state index in [4.69, 9.17) is 0 Å². The van der Waals surface area contributed by atoms with Gasteiger partial charge in [-0.15, -0.1) is 0 Å². The molecule has 1 heterocycles. The van der Waals surface area contributed by atoms with Crippen molar-refractivity contribution in [2.45, 2.75) is 24.5 Å². The van der Waals surface area contributed by atoms with E-state index in [-0.39, 0.29) is 0 Å². The zero-order valence-corrected chi connectivity index (χ0v) is 9.26. The highest BCUT2D eigenvalue weighted by Gasteiger charge is 2.14. The summed E-state index contributed by atoms with van der Waals surface area (Å²) in [5.74, 6) is 1.56. The molecule has 0 bridgehead atoms. The molecular formula is C12H17NS. The molecule has 1 unspecified atom stereocenters. The Balaban J connectivity index is 2.07. The standard InChI is InChI=1S/C12H17NS/c14-9-10-3-5-11(6-4-10)12-2-1-7-13-8-12/h3-6,12-14H,1-2,7-9H2. The first kappa shape index (κ1) is 10.1. The van der Waals surface area contributed by atoms with Gasteiger partial charge in [0.05, 0.1) is 0 Å². The Hall–Kier alpha value is -0.470. The fraction of sp³-hybridized carbons (Fsp3) is 0.500. The summed E-state index contributed by atoms with van der Waals surface area (Å²) in [6.45, 7) is 2.32. The van der Waals surface area contributed by atoms with Gasteiger partial charge in [-0.2, -0.15) is 12.6 Å². The molecule has 1 atom stereocenters. The van der Waals surface area contributed by atoms with Crippen LogP contribution in [0.4, 0.5) is 0 Å². The monoisotopic (exact) mass is 207 g/mol. The predicted molar refractivity (Wildman–Crippen MR) is 64.0 cm³/mol. The molecule has 1 aliphatic heterocycles. The summed E-state index contributed by atoms with van der Waals surface area (Å²) in [5.41, 5.74) is 2.78. The van der Waals surface area contributed by atoms with Crippen molar-refractivity contribution in [3.05, 3.63) is 35.4 Å². The van der Waals surface area contributed by atoms with E-state index in [2.05, 4.69) is 42.2 Å². The third-order valence-electron chi connectivity index (χ3n) is 2.93. The van der Waals surface area contributed by atoms with Crippen molar-refractivity contribution < 1.29 is 0 Å². The van der Waals surface area contributed by atoms with E-state index in [1.807, 2.05) is 0 Å². The molecule has 14 heavy (non-hydrogen) atoms. The second kappa shape index (κ2) is 4.85. The summed E-state index contributed by atoms with van der Waals surface area (Å²) < 4.78 is 0. The summed E-state index contributed by atoms with van der Waals surface area (Å²) in [7, 11) is 0. The van der Waals surface area contributed by atoms with Crippen molar-refractivity contribution in [1.82, 2.24) is 5.32 Å². The van der Waals surface area contributed by atoms with E-state index in [0.717, 1.165) is 18.2 Å².